The van der Waals surface area contributed by atoms with Crippen LogP contribution in [-0.2, 0) is 6.54 Å². The topological polar surface area (TPSA) is 46.9 Å². The molecular weight excluding hydrogens is 322 g/mol. The van der Waals surface area contributed by atoms with Crippen LogP contribution in [-0.4, -0.2) is 22.1 Å². The van der Waals surface area contributed by atoms with Crippen molar-refractivity contribution in [3.05, 3.63) is 63.9 Å². The Bertz CT molecular complexity index is 906. The molecule has 1 aromatic heterocycles. The fourth-order valence-corrected chi connectivity index (χ4v) is 3.09. The molecule has 0 amide bonds. The van der Waals surface area contributed by atoms with E-state index in [1.807, 2.05) is 30.3 Å². The highest BCUT2D eigenvalue weighted by atomic mass is 35.5. The molecule has 2 aromatic carbocycles. The average Bonchev–Trinajstić information content (AvgIpc) is 2.59. The molecule has 0 saturated heterocycles. The van der Waals surface area contributed by atoms with Gasteiger partial charge in [0.1, 0.15) is 5.82 Å². The molecule has 1 N–H and O–H groups in total. The third-order valence-electron chi connectivity index (χ3n) is 3.98. The summed E-state index contributed by atoms with van der Waals surface area (Å²) in [5, 5.41) is 4.39. The lowest BCUT2D eigenvalue weighted by Gasteiger charge is -2.18. The monoisotopic (exact) mass is 341 g/mol. The van der Waals surface area contributed by atoms with Crippen molar-refractivity contribution in [3.8, 4) is 11.4 Å². The highest BCUT2D eigenvalue weighted by Gasteiger charge is 2.16. The highest BCUT2D eigenvalue weighted by Crippen LogP contribution is 2.23. The van der Waals surface area contributed by atoms with E-state index in [2.05, 4.69) is 19.2 Å². The SMILES string of the molecule is CCNC(C)Cn1c(-c2ccccc2)nc2c(Cl)cccc2c1=O. The lowest BCUT2D eigenvalue weighted by molar-refractivity contribution is 0.483. The molecule has 0 saturated carbocycles. The summed E-state index contributed by atoms with van der Waals surface area (Å²) in [6.45, 7) is 5.51. The quantitative estimate of drug-likeness (QED) is 0.769. The number of aromatic nitrogens is 2. The predicted molar refractivity (Wildman–Crippen MR) is 99.6 cm³/mol. The maximum atomic E-state index is 13.1. The Hall–Kier alpha value is -2.17. The van der Waals surface area contributed by atoms with Gasteiger partial charge < -0.3 is 5.32 Å². The van der Waals surface area contributed by atoms with Crippen molar-refractivity contribution in [2.24, 2.45) is 0 Å². The number of nitrogens with zero attached hydrogens (tertiary/aromatic N) is 2. The van der Waals surface area contributed by atoms with Gasteiger partial charge in [0, 0.05) is 18.2 Å². The van der Waals surface area contributed by atoms with Gasteiger partial charge in [-0.3, -0.25) is 9.36 Å². The van der Waals surface area contributed by atoms with E-state index in [0.717, 1.165) is 12.1 Å². The molecule has 124 valence electrons. The van der Waals surface area contributed by atoms with Crippen molar-refractivity contribution >= 4 is 22.5 Å². The van der Waals surface area contributed by atoms with E-state index in [4.69, 9.17) is 16.6 Å². The van der Waals surface area contributed by atoms with Gasteiger partial charge in [0.2, 0.25) is 0 Å². The second-order valence-corrected chi connectivity index (χ2v) is 6.22. The molecule has 0 radical (unpaired) electrons. The fourth-order valence-electron chi connectivity index (χ4n) is 2.87. The van der Waals surface area contributed by atoms with Crippen LogP contribution in [0.4, 0.5) is 0 Å². The number of hydrogen-bond acceptors (Lipinski definition) is 3. The van der Waals surface area contributed by atoms with Crippen molar-refractivity contribution in [1.29, 1.82) is 0 Å². The molecule has 0 fully saturated rings. The first kappa shape index (κ1) is 16.7. The first-order valence-electron chi connectivity index (χ1n) is 8.09. The molecule has 1 atom stereocenters. The average molecular weight is 342 g/mol. The molecule has 3 aromatic rings. The van der Waals surface area contributed by atoms with Crippen molar-refractivity contribution in [1.82, 2.24) is 14.9 Å². The zero-order valence-corrected chi connectivity index (χ0v) is 14.5. The van der Waals surface area contributed by atoms with Gasteiger partial charge in [-0.1, -0.05) is 54.9 Å². The minimum Gasteiger partial charge on any atom is -0.313 e. The van der Waals surface area contributed by atoms with Crippen LogP contribution in [0.1, 0.15) is 13.8 Å². The van der Waals surface area contributed by atoms with Crippen LogP contribution in [0.2, 0.25) is 5.02 Å². The molecular formula is C19H20ClN3O. The van der Waals surface area contributed by atoms with Gasteiger partial charge in [0.05, 0.1) is 15.9 Å². The Morgan fingerprint density at radius 1 is 1.17 bits per heavy atom. The number of fused-ring (bicyclic) bond motifs is 1. The molecule has 4 nitrogen and oxygen atoms in total. The Morgan fingerprint density at radius 3 is 2.62 bits per heavy atom. The molecule has 1 heterocycles. The lowest BCUT2D eigenvalue weighted by Crippen LogP contribution is -2.35. The summed E-state index contributed by atoms with van der Waals surface area (Å²) in [4.78, 5) is 17.8. The van der Waals surface area contributed by atoms with Crippen LogP contribution in [0, 0.1) is 0 Å². The van der Waals surface area contributed by atoms with Gasteiger partial charge in [-0.2, -0.15) is 0 Å². The Morgan fingerprint density at radius 2 is 1.92 bits per heavy atom. The van der Waals surface area contributed by atoms with E-state index in [1.165, 1.54) is 0 Å². The van der Waals surface area contributed by atoms with Crippen LogP contribution in [0.3, 0.4) is 0 Å². The zero-order valence-electron chi connectivity index (χ0n) is 13.8. The Kier molecular flexibility index (Phi) is 4.97. The van der Waals surface area contributed by atoms with Crippen molar-refractivity contribution in [2.75, 3.05) is 6.54 Å². The van der Waals surface area contributed by atoms with Crippen LogP contribution >= 0.6 is 11.6 Å². The third kappa shape index (κ3) is 3.21. The third-order valence-corrected chi connectivity index (χ3v) is 4.28. The van der Waals surface area contributed by atoms with Crippen molar-refractivity contribution in [2.45, 2.75) is 26.4 Å². The molecule has 3 rings (SSSR count). The maximum absolute atomic E-state index is 13.1. The summed E-state index contributed by atoms with van der Waals surface area (Å²) in [5.74, 6) is 0.644. The minimum absolute atomic E-state index is 0.0638. The highest BCUT2D eigenvalue weighted by molar-refractivity contribution is 6.35. The molecule has 0 aliphatic heterocycles. The smallest absolute Gasteiger partial charge is 0.261 e. The summed E-state index contributed by atoms with van der Waals surface area (Å²) in [7, 11) is 0. The molecule has 0 aliphatic carbocycles. The van der Waals surface area contributed by atoms with Crippen molar-refractivity contribution < 1.29 is 0 Å². The van der Waals surface area contributed by atoms with Gasteiger partial charge >= 0.3 is 0 Å². The van der Waals surface area contributed by atoms with E-state index in [-0.39, 0.29) is 11.6 Å². The Balaban J connectivity index is 2.26. The number of benzene rings is 2. The van der Waals surface area contributed by atoms with Gasteiger partial charge in [0.25, 0.3) is 5.56 Å². The predicted octanol–water partition coefficient (Wildman–Crippen LogP) is 3.71. The largest absolute Gasteiger partial charge is 0.313 e. The van der Waals surface area contributed by atoms with Gasteiger partial charge in [-0.25, -0.2) is 4.98 Å². The lowest BCUT2D eigenvalue weighted by atomic mass is 10.1. The van der Waals surface area contributed by atoms with Crippen LogP contribution < -0.4 is 10.9 Å². The number of para-hydroxylation sites is 1. The minimum atomic E-state index is -0.0638. The summed E-state index contributed by atoms with van der Waals surface area (Å²) < 4.78 is 1.74. The van der Waals surface area contributed by atoms with E-state index in [0.29, 0.717) is 28.3 Å². The molecule has 1 unspecified atom stereocenters. The fraction of sp³-hybridized carbons (Fsp3) is 0.263. The van der Waals surface area contributed by atoms with Gasteiger partial charge in [-0.05, 0) is 25.6 Å². The second kappa shape index (κ2) is 7.16. The summed E-state index contributed by atoms with van der Waals surface area (Å²) >= 11 is 6.27. The van der Waals surface area contributed by atoms with E-state index < -0.39 is 0 Å². The molecule has 24 heavy (non-hydrogen) atoms. The number of likely N-dealkylation sites (N-methyl/N-ethyl adjacent to an activating group) is 1. The molecule has 0 bridgehead atoms. The van der Waals surface area contributed by atoms with E-state index in [1.54, 1.807) is 22.8 Å². The summed E-state index contributed by atoms with van der Waals surface area (Å²) in [6.07, 6.45) is 0. The molecule has 5 heteroatoms. The van der Waals surface area contributed by atoms with Crippen LogP contribution in [0.15, 0.2) is 53.3 Å². The zero-order chi connectivity index (χ0) is 17.1. The van der Waals surface area contributed by atoms with Gasteiger partial charge in [-0.15, -0.1) is 0 Å². The number of hydrogen-bond donors (Lipinski definition) is 1. The van der Waals surface area contributed by atoms with Crippen LogP contribution in [0.5, 0.6) is 0 Å². The standard InChI is InChI=1S/C19H20ClN3O/c1-3-21-13(2)12-23-18(14-8-5-4-6-9-14)22-17-15(19(23)24)10-7-11-16(17)20/h4-11,13,21H,3,12H2,1-2H3. The number of halogens is 1. The number of nitrogens with one attached hydrogen (secondary N) is 1. The molecule has 0 aliphatic rings. The summed E-state index contributed by atoms with van der Waals surface area (Å²) in [5.41, 5.74) is 1.39. The second-order valence-electron chi connectivity index (χ2n) is 5.81. The van der Waals surface area contributed by atoms with E-state index >= 15 is 0 Å². The number of rotatable bonds is 5. The maximum Gasteiger partial charge on any atom is 0.261 e. The summed E-state index contributed by atoms with van der Waals surface area (Å²) in [6, 6.07) is 15.2. The van der Waals surface area contributed by atoms with E-state index in [9.17, 15) is 4.79 Å². The first-order valence-corrected chi connectivity index (χ1v) is 8.47. The van der Waals surface area contributed by atoms with Gasteiger partial charge in [0.15, 0.2) is 0 Å². The first-order chi connectivity index (χ1) is 11.6. The van der Waals surface area contributed by atoms with Crippen LogP contribution in [0.25, 0.3) is 22.3 Å². The van der Waals surface area contributed by atoms with Crippen molar-refractivity contribution in [3.63, 3.8) is 0 Å². The molecule has 0 spiro atoms. The Labute approximate surface area is 146 Å². The normalized spacial score (nSPS) is 12.5.